The molecule has 1 N–H and O–H groups in total. The second-order valence-corrected chi connectivity index (χ2v) is 5.63. The molecule has 3 aromatic rings. The largest absolute Gasteiger partial charge is 0.494 e. The number of methoxy groups -OCH3 is 2. The van der Waals surface area contributed by atoms with E-state index < -0.39 is 18.2 Å². The third-order valence-corrected chi connectivity index (χ3v) is 3.89. The third kappa shape index (κ3) is 4.11. The quantitative estimate of drug-likeness (QED) is 0.631. The molecular weight excluding hydrogens is 372 g/mol. The lowest BCUT2D eigenvalue weighted by Gasteiger charge is -2.13. The van der Waals surface area contributed by atoms with Gasteiger partial charge in [-0.3, -0.25) is 4.68 Å². The molecule has 0 aliphatic rings. The Hall–Kier alpha value is -3.43. The van der Waals surface area contributed by atoms with Gasteiger partial charge in [-0.05, 0) is 6.92 Å². The minimum atomic E-state index is -0.861. The summed E-state index contributed by atoms with van der Waals surface area (Å²) in [5.41, 5.74) is 0.435. The number of nitrogens with one attached hydrogen (secondary N) is 1. The van der Waals surface area contributed by atoms with Crippen molar-refractivity contribution in [2.75, 3.05) is 19.5 Å². The summed E-state index contributed by atoms with van der Waals surface area (Å²) in [6, 6.07) is 1.13. The van der Waals surface area contributed by atoms with E-state index in [0.29, 0.717) is 5.82 Å². The van der Waals surface area contributed by atoms with Crippen LogP contribution in [0.2, 0.25) is 0 Å². The van der Waals surface area contributed by atoms with E-state index in [1.54, 1.807) is 10.9 Å². The summed E-state index contributed by atoms with van der Waals surface area (Å²) in [6.45, 7) is 2.32. The van der Waals surface area contributed by atoms with Crippen molar-refractivity contribution in [2.24, 2.45) is 0 Å². The minimum absolute atomic E-state index is 0.107. The van der Waals surface area contributed by atoms with E-state index in [9.17, 15) is 8.78 Å². The van der Waals surface area contributed by atoms with E-state index in [-0.39, 0.29) is 22.9 Å². The van der Waals surface area contributed by atoms with Gasteiger partial charge in [0.1, 0.15) is 12.4 Å². The van der Waals surface area contributed by atoms with Crippen LogP contribution in [-0.4, -0.2) is 34.0 Å². The van der Waals surface area contributed by atoms with Crippen LogP contribution >= 0.6 is 0 Å². The van der Waals surface area contributed by atoms with Crippen molar-refractivity contribution >= 4 is 11.5 Å². The SMILES string of the molecule is CCn1cc(Nc2cnc(OCc3c(F)c(OC)cc(OC)c3F)cn2)cn1. The summed E-state index contributed by atoms with van der Waals surface area (Å²) >= 11 is 0. The molecule has 1 aromatic carbocycles. The summed E-state index contributed by atoms with van der Waals surface area (Å²) in [6.07, 6.45) is 6.28. The van der Waals surface area contributed by atoms with Crippen LogP contribution in [0.5, 0.6) is 17.4 Å². The van der Waals surface area contributed by atoms with Crippen molar-refractivity contribution in [1.29, 1.82) is 0 Å². The highest BCUT2D eigenvalue weighted by atomic mass is 19.1. The molecule has 0 spiro atoms. The average molecular weight is 391 g/mol. The van der Waals surface area contributed by atoms with Gasteiger partial charge in [0, 0.05) is 18.8 Å². The van der Waals surface area contributed by atoms with E-state index in [1.165, 1.54) is 26.6 Å². The van der Waals surface area contributed by atoms with Gasteiger partial charge in [-0.1, -0.05) is 0 Å². The Balaban J connectivity index is 1.70. The Bertz CT molecular complexity index is 919. The molecule has 0 aliphatic heterocycles. The highest BCUT2D eigenvalue weighted by Gasteiger charge is 2.20. The maximum absolute atomic E-state index is 14.3. The lowest BCUT2D eigenvalue weighted by atomic mass is 10.1. The van der Waals surface area contributed by atoms with Crippen molar-refractivity contribution in [1.82, 2.24) is 19.7 Å². The van der Waals surface area contributed by atoms with Crippen molar-refractivity contribution < 1.29 is 23.0 Å². The zero-order chi connectivity index (χ0) is 20.1. The maximum Gasteiger partial charge on any atom is 0.232 e. The number of nitrogens with zero attached hydrogens (tertiary/aromatic N) is 4. The van der Waals surface area contributed by atoms with E-state index in [0.717, 1.165) is 18.3 Å². The highest BCUT2D eigenvalue weighted by molar-refractivity contribution is 5.52. The van der Waals surface area contributed by atoms with Gasteiger partial charge in [0.2, 0.25) is 5.88 Å². The number of ether oxygens (including phenoxy) is 3. The summed E-state index contributed by atoms with van der Waals surface area (Å²) in [5, 5.41) is 7.19. The molecule has 0 unspecified atom stereocenters. The van der Waals surface area contributed by atoms with E-state index in [1.807, 2.05) is 13.1 Å². The van der Waals surface area contributed by atoms with Gasteiger partial charge < -0.3 is 19.5 Å². The average Bonchev–Trinajstić information content (AvgIpc) is 3.17. The standard InChI is InChI=1S/C18H19F2N5O3/c1-4-25-9-11(6-23-25)24-15-7-22-16(8-21-15)28-10-12-17(19)13(26-2)5-14(27-3)18(12)20/h5-9H,4,10H2,1-3H3,(H,21,24). The first-order valence-corrected chi connectivity index (χ1v) is 8.38. The number of rotatable bonds is 8. The van der Waals surface area contributed by atoms with Crippen molar-refractivity contribution in [3.63, 3.8) is 0 Å². The molecule has 28 heavy (non-hydrogen) atoms. The highest BCUT2D eigenvalue weighted by Crippen LogP contribution is 2.31. The lowest BCUT2D eigenvalue weighted by Crippen LogP contribution is -2.07. The van der Waals surface area contributed by atoms with E-state index in [4.69, 9.17) is 14.2 Å². The molecule has 0 saturated carbocycles. The Morgan fingerprint density at radius 1 is 1.04 bits per heavy atom. The first-order valence-electron chi connectivity index (χ1n) is 8.38. The molecule has 0 fully saturated rings. The fraction of sp³-hybridized carbons (Fsp3) is 0.278. The van der Waals surface area contributed by atoms with Gasteiger partial charge >= 0.3 is 0 Å². The number of aryl methyl sites for hydroxylation is 1. The van der Waals surface area contributed by atoms with Crippen LogP contribution in [0.25, 0.3) is 0 Å². The number of benzene rings is 1. The molecule has 2 aromatic heterocycles. The van der Waals surface area contributed by atoms with Crippen molar-refractivity contribution in [2.45, 2.75) is 20.1 Å². The minimum Gasteiger partial charge on any atom is -0.494 e. The second-order valence-electron chi connectivity index (χ2n) is 5.63. The van der Waals surface area contributed by atoms with Crippen LogP contribution < -0.4 is 19.5 Å². The summed E-state index contributed by atoms with van der Waals surface area (Å²) in [4.78, 5) is 8.24. The predicted octanol–water partition coefficient (Wildman–Crippen LogP) is 3.31. The number of hydrogen-bond acceptors (Lipinski definition) is 7. The molecular formula is C18H19F2N5O3. The Morgan fingerprint density at radius 2 is 1.75 bits per heavy atom. The molecule has 3 rings (SSSR count). The van der Waals surface area contributed by atoms with Crippen LogP contribution in [-0.2, 0) is 13.2 Å². The maximum atomic E-state index is 14.3. The monoisotopic (exact) mass is 391 g/mol. The Labute approximate surface area is 160 Å². The predicted molar refractivity (Wildman–Crippen MR) is 97.0 cm³/mol. The second kappa shape index (κ2) is 8.51. The fourth-order valence-corrected chi connectivity index (χ4v) is 2.41. The van der Waals surface area contributed by atoms with Gasteiger partial charge in [0.05, 0.1) is 44.1 Å². The summed E-state index contributed by atoms with van der Waals surface area (Å²) in [7, 11) is 2.56. The van der Waals surface area contributed by atoms with Crippen molar-refractivity contribution in [3.8, 4) is 17.4 Å². The van der Waals surface area contributed by atoms with Crippen LogP contribution in [0, 0.1) is 11.6 Å². The van der Waals surface area contributed by atoms with Gasteiger partial charge in [-0.15, -0.1) is 0 Å². The molecule has 2 heterocycles. The lowest BCUT2D eigenvalue weighted by molar-refractivity contribution is 0.271. The number of halogens is 2. The van der Waals surface area contributed by atoms with Gasteiger partial charge in [-0.25, -0.2) is 18.7 Å². The smallest absolute Gasteiger partial charge is 0.232 e. The first-order chi connectivity index (χ1) is 13.5. The molecule has 0 saturated heterocycles. The molecule has 0 atom stereocenters. The van der Waals surface area contributed by atoms with E-state index in [2.05, 4.69) is 20.4 Å². The summed E-state index contributed by atoms with van der Waals surface area (Å²) in [5.74, 6) is -1.43. The van der Waals surface area contributed by atoms with Crippen LogP contribution in [0.3, 0.4) is 0 Å². The van der Waals surface area contributed by atoms with Gasteiger partial charge in [0.25, 0.3) is 0 Å². The molecule has 0 aliphatic carbocycles. The zero-order valence-electron chi connectivity index (χ0n) is 15.6. The summed E-state index contributed by atoms with van der Waals surface area (Å²) < 4.78 is 45.6. The Kier molecular flexibility index (Phi) is 5.87. The molecule has 10 heteroatoms. The van der Waals surface area contributed by atoms with Crippen LogP contribution in [0.1, 0.15) is 12.5 Å². The normalized spacial score (nSPS) is 10.6. The van der Waals surface area contributed by atoms with Gasteiger partial charge in [-0.2, -0.15) is 5.10 Å². The third-order valence-electron chi connectivity index (χ3n) is 3.89. The molecule has 0 bridgehead atoms. The number of aromatic nitrogens is 4. The fourth-order valence-electron chi connectivity index (χ4n) is 2.41. The molecule has 0 radical (unpaired) electrons. The molecule has 0 amide bonds. The van der Waals surface area contributed by atoms with Crippen LogP contribution in [0.4, 0.5) is 20.3 Å². The van der Waals surface area contributed by atoms with Gasteiger partial charge in [0.15, 0.2) is 23.1 Å². The topological polar surface area (TPSA) is 83.3 Å². The number of anilines is 2. The van der Waals surface area contributed by atoms with Crippen molar-refractivity contribution in [3.05, 3.63) is 48.1 Å². The molecule has 8 nitrogen and oxygen atoms in total. The van der Waals surface area contributed by atoms with E-state index >= 15 is 0 Å². The molecule has 148 valence electrons. The number of hydrogen-bond donors (Lipinski definition) is 1. The Morgan fingerprint density at radius 3 is 2.29 bits per heavy atom. The van der Waals surface area contributed by atoms with Crippen LogP contribution in [0.15, 0.2) is 30.9 Å². The first kappa shape index (κ1) is 19.3. The zero-order valence-corrected chi connectivity index (χ0v) is 15.6.